The first-order valence-electron chi connectivity index (χ1n) is 20.5. The Labute approximate surface area is 347 Å². The molecule has 3 aliphatic rings. The third kappa shape index (κ3) is 7.37. The van der Waals surface area contributed by atoms with Crippen LogP contribution in [0.3, 0.4) is 0 Å². The molecule has 3 aromatic carbocycles. The molecule has 3 aliphatic heterocycles. The lowest BCUT2D eigenvalue weighted by Crippen LogP contribution is -2.54. The quantitative estimate of drug-likeness (QED) is 0.121. The van der Waals surface area contributed by atoms with E-state index >= 15 is 0 Å². The fourth-order valence-electron chi connectivity index (χ4n) is 9.12. The number of H-pyrrole nitrogens is 2. The highest BCUT2D eigenvalue weighted by Gasteiger charge is 2.42. The second-order valence-electron chi connectivity index (χ2n) is 16.2. The number of aromatic amines is 2. The lowest BCUT2D eigenvalue weighted by molar-refractivity contribution is -0.138. The van der Waals surface area contributed by atoms with Gasteiger partial charge in [-0.05, 0) is 91.8 Å². The lowest BCUT2D eigenvalue weighted by Gasteiger charge is -2.31. The first kappa shape index (κ1) is 40.6. The lowest BCUT2D eigenvalue weighted by atomic mass is 9.92. The molecule has 0 bridgehead atoms. The van der Waals surface area contributed by atoms with Crippen LogP contribution in [0.4, 0.5) is 9.59 Å². The number of alkyl carbamates (subject to hydrolysis) is 2. The third-order valence-corrected chi connectivity index (χ3v) is 12.4. The van der Waals surface area contributed by atoms with E-state index < -0.39 is 30.4 Å². The van der Waals surface area contributed by atoms with Crippen molar-refractivity contribution >= 4 is 45.8 Å². The molecule has 0 radical (unpaired) electrons. The number of nitrogens with one attached hydrogen (secondary N) is 4. The maximum Gasteiger partial charge on any atom is 0.407 e. The maximum absolute atomic E-state index is 14.0. The SMILES string of the molecule is CC[C@H]1CC[C@@H](c2ncc(-c3ccc4c(c3)COc3cc5c(ccc6[nH]c([C@@H]7C[C@H](C)CN7C(=O)[C@@H](NC(=O)OC)[C@@H](C)OC)nc65)cc3-4)[nH]2)N1C(=O)[C@H](C)NC(=O)OC. The Hall–Kier alpha value is -6.16. The van der Waals surface area contributed by atoms with Crippen LogP contribution in [0.1, 0.15) is 82.7 Å². The molecule has 8 rings (SSSR count). The predicted octanol–water partition coefficient (Wildman–Crippen LogP) is 6.52. The first-order chi connectivity index (χ1) is 28.9. The molecule has 2 saturated heterocycles. The van der Waals surface area contributed by atoms with E-state index in [1.165, 1.54) is 21.3 Å². The van der Waals surface area contributed by atoms with Gasteiger partial charge in [-0.2, -0.15) is 0 Å². The third-order valence-electron chi connectivity index (χ3n) is 12.4. The zero-order valence-electron chi connectivity index (χ0n) is 35.0. The molecule has 16 nitrogen and oxygen atoms in total. The summed E-state index contributed by atoms with van der Waals surface area (Å²) < 4.78 is 21.4. The Morgan fingerprint density at radius 1 is 0.917 bits per heavy atom. The summed E-state index contributed by atoms with van der Waals surface area (Å²) in [5, 5.41) is 7.20. The van der Waals surface area contributed by atoms with Crippen LogP contribution in [0.25, 0.3) is 44.2 Å². The second-order valence-corrected chi connectivity index (χ2v) is 16.2. The van der Waals surface area contributed by atoms with Crippen LogP contribution in [-0.2, 0) is 30.4 Å². The van der Waals surface area contributed by atoms with Crippen LogP contribution in [0, 0.1) is 5.92 Å². The summed E-state index contributed by atoms with van der Waals surface area (Å²) >= 11 is 0. The Kier molecular flexibility index (Phi) is 11.2. The monoisotopic (exact) mass is 820 g/mol. The van der Waals surface area contributed by atoms with E-state index in [0.717, 1.165) is 74.8 Å². The smallest absolute Gasteiger partial charge is 0.407 e. The van der Waals surface area contributed by atoms with E-state index in [1.54, 1.807) is 18.7 Å². The average Bonchev–Trinajstić information content (AvgIpc) is 4.09. The number of carbonyl (C=O) groups is 4. The van der Waals surface area contributed by atoms with Crippen LogP contribution in [0.5, 0.6) is 5.75 Å². The summed E-state index contributed by atoms with van der Waals surface area (Å²) in [7, 11) is 4.04. The van der Waals surface area contributed by atoms with Gasteiger partial charge in [-0.1, -0.05) is 32.0 Å². The molecule has 0 aliphatic carbocycles. The van der Waals surface area contributed by atoms with Crippen LogP contribution in [-0.4, -0.2) is 106 Å². The molecule has 16 heteroatoms. The van der Waals surface area contributed by atoms with Gasteiger partial charge in [0.05, 0.1) is 55.3 Å². The minimum Gasteiger partial charge on any atom is -0.488 e. The van der Waals surface area contributed by atoms with Gasteiger partial charge in [-0.25, -0.2) is 19.6 Å². The number of rotatable bonds is 10. The number of nitrogens with zero attached hydrogens (tertiary/aromatic N) is 4. The molecular weight excluding hydrogens is 769 g/mol. The minimum atomic E-state index is -0.929. The molecule has 5 heterocycles. The molecule has 2 fully saturated rings. The van der Waals surface area contributed by atoms with Crippen molar-refractivity contribution in [1.82, 2.24) is 40.4 Å². The van der Waals surface area contributed by atoms with Gasteiger partial charge in [0.2, 0.25) is 11.8 Å². The van der Waals surface area contributed by atoms with Gasteiger partial charge in [-0.3, -0.25) is 9.59 Å². The number of benzene rings is 3. The fraction of sp³-hybridized carbons (Fsp3) is 0.455. The van der Waals surface area contributed by atoms with Gasteiger partial charge in [0, 0.05) is 30.6 Å². The van der Waals surface area contributed by atoms with Crippen molar-refractivity contribution in [2.75, 3.05) is 27.9 Å². The summed E-state index contributed by atoms with van der Waals surface area (Å²) in [6, 6.07) is 12.4. The Morgan fingerprint density at radius 2 is 1.70 bits per heavy atom. The molecule has 5 aromatic rings. The average molecular weight is 821 g/mol. The summed E-state index contributed by atoms with van der Waals surface area (Å²) in [6.07, 6.45) is 2.99. The van der Waals surface area contributed by atoms with Crippen LogP contribution in [0.2, 0.25) is 0 Å². The van der Waals surface area contributed by atoms with Crippen molar-refractivity contribution in [3.05, 3.63) is 65.9 Å². The van der Waals surface area contributed by atoms with Crippen molar-refractivity contribution in [3.63, 3.8) is 0 Å². The molecular formula is C44H52N8O8. The maximum atomic E-state index is 14.0. The molecule has 0 spiro atoms. The number of fused-ring (bicyclic) bond motifs is 6. The number of methoxy groups -OCH3 is 3. The number of imidazole rings is 2. The zero-order valence-corrected chi connectivity index (χ0v) is 35.0. The predicted molar refractivity (Wildman–Crippen MR) is 223 cm³/mol. The molecule has 0 unspecified atom stereocenters. The van der Waals surface area contributed by atoms with Crippen LogP contribution < -0.4 is 15.4 Å². The van der Waals surface area contributed by atoms with E-state index in [1.807, 2.05) is 23.2 Å². The summed E-state index contributed by atoms with van der Waals surface area (Å²) in [4.78, 5) is 72.1. The Morgan fingerprint density at radius 3 is 2.45 bits per heavy atom. The second kappa shape index (κ2) is 16.5. The van der Waals surface area contributed by atoms with Gasteiger partial charge in [0.1, 0.15) is 36.1 Å². The topological polar surface area (TPSA) is 193 Å². The highest BCUT2D eigenvalue weighted by atomic mass is 16.5. The van der Waals surface area contributed by atoms with Crippen LogP contribution in [0.15, 0.2) is 48.7 Å². The number of ether oxygens (including phenoxy) is 4. The number of likely N-dealkylation sites (tertiary alicyclic amines) is 2. The molecule has 0 saturated carbocycles. The first-order valence-corrected chi connectivity index (χ1v) is 20.5. The Balaban J connectivity index is 1.05. The van der Waals surface area contributed by atoms with E-state index in [4.69, 9.17) is 28.9 Å². The Bertz CT molecular complexity index is 2460. The molecule has 7 atom stereocenters. The van der Waals surface area contributed by atoms with Crippen molar-refractivity contribution < 1.29 is 38.1 Å². The van der Waals surface area contributed by atoms with E-state index in [9.17, 15) is 19.2 Å². The highest BCUT2D eigenvalue weighted by Crippen LogP contribution is 2.44. The molecule has 316 valence electrons. The normalized spacial score (nSPS) is 21.2. The summed E-state index contributed by atoms with van der Waals surface area (Å²) in [6.45, 7) is 8.46. The van der Waals surface area contributed by atoms with Gasteiger partial charge < -0.3 is 49.3 Å². The summed E-state index contributed by atoms with van der Waals surface area (Å²) in [5.41, 5.74) is 6.51. The fourth-order valence-corrected chi connectivity index (χ4v) is 9.12. The number of aromatic nitrogens is 4. The number of hydrogen-bond acceptors (Lipinski definition) is 10. The standard InChI is InChI=1S/C44H52N8O8/c1-8-28-11-14-34(52(28)41(53)23(3)46-43(55)58-6)39-45-19-33(48-39)26-9-12-29-27(16-26)21-60-36-18-30-25(17-31(29)36)10-13-32-38(30)49-40(47-32)35-15-22(2)20-51(35)42(54)37(24(4)57-5)50-44(56)59-7/h9-10,12-13,16-19,22-24,28,34-35,37H,8,11,14-15,20-21H2,1-7H3,(H,45,48)(H,46,55)(H,47,49)(H,50,56)/t22-,23-,24+,28-,34-,35-,37-/m0/s1. The molecule has 60 heavy (non-hydrogen) atoms. The van der Waals surface area contributed by atoms with Gasteiger partial charge >= 0.3 is 12.2 Å². The largest absolute Gasteiger partial charge is 0.488 e. The highest BCUT2D eigenvalue weighted by molar-refractivity contribution is 6.07. The number of hydrogen-bond donors (Lipinski definition) is 4. The number of amides is 4. The van der Waals surface area contributed by atoms with Crippen molar-refractivity contribution in [2.45, 2.75) is 96.3 Å². The molecule has 2 aromatic heterocycles. The van der Waals surface area contributed by atoms with Gasteiger partial charge in [0.15, 0.2) is 0 Å². The van der Waals surface area contributed by atoms with E-state index in [2.05, 4.69) is 64.8 Å². The molecule has 4 N–H and O–H groups in total. The zero-order chi connectivity index (χ0) is 42.4. The van der Waals surface area contributed by atoms with Gasteiger partial charge in [-0.15, -0.1) is 0 Å². The van der Waals surface area contributed by atoms with Gasteiger partial charge in [0.25, 0.3) is 0 Å². The van der Waals surface area contributed by atoms with Crippen molar-refractivity contribution in [1.29, 1.82) is 0 Å². The van der Waals surface area contributed by atoms with Crippen molar-refractivity contribution in [2.24, 2.45) is 5.92 Å². The summed E-state index contributed by atoms with van der Waals surface area (Å²) in [5.74, 6) is 1.93. The van der Waals surface area contributed by atoms with E-state index in [0.29, 0.717) is 31.2 Å². The minimum absolute atomic E-state index is 0.0415. The van der Waals surface area contributed by atoms with E-state index in [-0.39, 0.29) is 35.9 Å². The molecule has 4 amide bonds. The number of carbonyl (C=O) groups excluding carboxylic acids is 4. The van der Waals surface area contributed by atoms with Crippen molar-refractivity contribution in [3.8, 4) is 28.1 Å². The van der Waals surface area contributed by atoms with Crippen LogP contribution >= 0.6 is 0 Å².